The highest BCUT2D eigenvalue weighted by Gasteiger charge is 2.09. The number of aromatic nitrogens is 2. The van der Waals surface area contributed by atoms with Crippen LogP contribution in [0.4, 0.5) is 0 Å². The van der Waals surface area contributed by atoms with Crippen molar-refractivity contribution in [1.82, 2.24) is 9.97 Å². The van der Waals surface area contributed by atoms with Gasteiger partial charge in [-0.1, -0.05) is 41.4 Å². The van der Waals surface area contributed by atoms with Crippen LogP contribution in [0.3, 0.4) is 0 Å². The number of halogens is 1. The molecule has 0 aliphatic carbocycles. The maximum absolute atomic E-state index is 12.1. The molecule has 0 fully saturated rings. The lowest BCUT2D eigenvalue weighted by atomic mass is 10.0. The van der Waals surface area contributed by atoms with Gasteiger partial charge in [-0.2, -0.15) is 0 Å². The third-order valence-electron chi connectivity index (χ3n) is 2.90. The van der Waals surface area contributed by atoms with Crippen molar-refractivity contribution in [3.8, 4) is 0 Å². The number of rotatable bonds is 4. The second-order valence-electron chi connectivity index (χ2n) is 4.42. The van der Waals surface area contributed by atoms with Gasteiger partial charge in [-0.3, -0.25) is 9.78 Å². The zero-order chi connectivity index (χ0) is 13.8. The molecule has 100 valence electrons. The Morgan fingerprint density at radius 1 is 1.32 bits per heavy atom. The number of benzene rings is 1. The molecule has 1 aromatic carbocycles. The molecule has 0 spiro atoms. The number of aryl methyl sites for hydroxylation is 1. The third-order valence-corrected chi connectivity index (χ3v) is 3.60. The second kappa shape index (κ2) is 6.30. The van der Waals surface area contributed by atoms with Gasteiger partial charge in [0.1, 0.15) is 0 Å². The van der Waals surface area contributed by atoms with Crippen molar-refractivity contribution in [3.05, 3.63) is 60.7 Å². The zero-order valence-corrected chi connectivity index (χ0v) is 13.0. The van der Waals surface area contributed by atoms with E-state index < -0.39 is 0 Å². The smallest absolute Gasteiger partial charge is 0.255 e. The number of nitrogens with one attached hydrogen (secondary N) is 2. The summed E-state index contributed by atoms with van der Waals surface area (Å²) in [5.74, 6) is 0. The Morgan fingerprint density at radius 2 is 2.11 bits per heavy atom. The van der Waals surface area contributed by atoms with E-state index in [4.69, 9.17) is 12.2 Å². The minimum absolute atomic E-state index is 0.0906. The minimum atomic E-state index is -0.0906. The Kier molecular flexibility index (Phi) is 4.71. The van der Waals surface area contributed by atoms with Crippen LogP contribution < -0.4 is 5.56 Å². The standard InChI is InChI=1S/C14H15BrN2OS/c1-2-4-12-11(13(18)17-14(19)16-12)8-9-5-3-6-10(15)7-9/h3,5-7H,2,4,8H2,1H3,(H2,16,17,18,19). The van der Waals surface area contributed by atoms with Crippen LogP contribution >= 0.6 is 28.1 Å². The van der Waals surface area contributed by atoms with E-state index in [1.165, 1.54) is 0 Å². The number of H-pyrrole nitrogens is 2. The molecule has 2 N–H and O–H groups in total. The van der Waals surface area contributed by atoms with Gasteiger partial charge in [0.25, 0.3) is 5.56 Å². The fraction of sp³-hybridized carbons (Fsp3) is 0.286. The minimum Gasteiger partial charge on any atom is -0.336 e. The molecular formula is C14H15BrN2OS. The van der Waals surface area contributed by atoms with E-state index >= 15 is 0 Å². The van der Waals surface area contributed by atoms with E-state index in [-0.39, 0.29) is 5.56 Å². The van der Waals surface area contributed by atoms with Crippen molar-refractivity contribution in [3.63, 3.8) is 0 Å². The monoisotopic (exact) mass is 338 g/mol. The molecule has 2 rings (SSSR count). The summed E-state index contributed by atoms with van der Waals surface area (Å²) in [5, 5.41) is 0. The summed E-state index contributed by atoms with van der Waals surface area (Å²) in [6.45, 7) is 2.08. The lowest BCUT2D eigenvalue weighted by Gasteiger charge is -2.08. The molecule has 2 aromatic rings. The Labute approximate surface area is 125 Å². The van der Waals surface area contributed by atoms with Gasteiger partial charge < -0.3 is 4.98 Å². The molecule has 0 saturated carbocycles. The Morgan fingerprint density at radius 3 is 2.79 bits per heavy atom. The first-order valence-electron chi connectivity index (χ1n) is 6.19. The number of aromatic amines is 2. The summed E-state index contributed by atoms with van der Waals surface area (Å²) in [7, 11) is 0. The van der Waals surface area contributed by atoms with Crippen molar-refractivity contribution in [2.45, 2.75) is 26.2 Å². The van der Waals surface area contributed by atoms with E-state index in [1.807, 2.05) is 24.3 Å². The van der Waals surface area contributed by atoms with Crippen molar-refractivity contribution in [1.29, 1.82) is 0 Å². The van der Waals surface area contributed by atoms with Crippen molar-refractivity contribution >= 4 is 28.1 Å². The topological polar surface area (TPSA) is 48.6 Å². The zero-order valence-electron chi connectivity index (χ0n) is 10.6. The lowest BCUT2D eigenvalue weighted by Crippen LogP contribution is -2.18. The number of hydrogen-bond acceptors (Lipinski definition) is 2. The first-order chi connectivity index (χ1) is 9.10. The van der Waals surface area contributed by atoms with Gasteiger partial charge >= 0.3 is 0 Å². The van der Waals surface area contributed by atoms with Gasteiger partial charge in [0.2, 0.25) is 0 Å². The Balaban J connectivity index is 2.44. The molecule has 5 heteroatoms. The fourth-order valence-electron chi connectivity index (χ4n) is 2.06. The predicted octanol–water partition coefficient (Wildman–Crippen LogP) is 3.74. The van der Waals surface area contributed by atoms with Crippen molar-refractivity contribution in [2.24, 2.45) is 0 Å². The maximum atomic E-state index is 12.1. The normalized spacial score (nSPS) is 10.6. The quantitative estimate of drug-likeness (QED) is 0.834. The molecule has 0 bridgehead atoms. The number of hydrogen-bond donors (Lipinski definition) is 2. The van der Waals surface area contributed by atoms with E-state index in [0.29, 0.717) is 11.2 Å². The lowest BCUT2D eigenvalue weighted by molar-refractivity contribution is 0.832. The van der Waals surface area contributed by atoms with Crippen LogP contribution in [-0.2, 0) is 12.8 Å². The highest BCUT2D eigenvalue weighted by atomic mass is 79.9. The molecule has 0 amide bonds. The molecule has 0 unspecified atom stereocenters. The summed E-state index contributed by atoms with van der Waals surface area (Å²) >= 11 is 8.47. The summed E-state index contributed by atoms with van der Waals surface area (Å²) < 4.78 is 1.41. The summed E-state index contributed by atoms with van der Waals surface area (Å²) in [6, 6.07) is 7.98. The van der Waals surface area contributed by atoms with Gasteiger partial charge in [0.05, 0.1) is 0 Å². The van der Waals surface area contributed by atoms with E-state index in [9.17, 15) is 4.79 Å². The molecule has 1 heterocycles. The molecule has 3 nitrogen and oxygen atoms in total. The van der Waals surface area contributed by atoms with Crippen molar-refractivity contribution in [2.75, 3.05) is 0 Å². The molecule has 0 saturated heterocycles. The molecule has 19 heavy (non-hydrogen) atoms. The van der Waals surface area contributed by atoms with Crippen LogP contribution in [0, 0.1) is 4.77 Å². The summed E-state index contributed by atoms with van der Waals surface area (Å²) in [6.07, 6.45) is 2.41. The highest BCUT2D eigenvalue weighted by molar-refractivity contribution is 9.10. The van der Waals surface area contributed by atoms with Gasteiger partial charge in [-0.15, -0.1) is 0 Å². The summed E-state index contributed by atoms with van der Waals surface area (Å²) in [5.41, 5.74) is 2.72. The third kappa shape index (κ3) is 3.64. The summed E-state index contributed by atoms with van der Waals surface area (Å²) in [4.78, 5) is 17.8. The average Bonchev–Trinajstić information content (AvgIpc) is 2.34. The van der Waals surface area contributed by atoms with E-state index in [1.54, 1.807) is 0 Å². The molecule has 0 aliphatic heterocycles. The molecule has 0 atom stereocenters. The average molecular weight is 339 g/mol. The SMILES string of the molecule is CCCc1[nH]c(=S)[nH]c(=O)c1Cc1cccc(Br)c1. The van der Waals surface area contributed by atoms with Gasteiger partial charge in [-0.25, -0.2) is 0 Å². The largest absolute Gasteiger partial charge is 0.336 e. The van der Waals surface area contributed by atoms with E-state index in [2.05, 4.69) is 32.8 Å². The Bertz CT molecular complexity index is 690. The maximum Gasteiger partial charge on any atom is 0.255 e. The van der Waals surface area contributed by atoms with Gasteiger partial charge in [-0.05, 0) is 36.3 Å². The van der Waals surface area contributed by atoms with Crippen LogP contribution in [0.5, 0.6) is 0 Å². The first kappa shape index (κ1) is 14.2. The highest BCUT2D eigenvalue weighted by Crippen LogP contribution is 2.15. The van der Waals surface area contributed by atoms with Crippen molar-refractivity contribution < 1.29 is 0 Å². The van der Waals surface area contributed by atoms with Gasteiger partial charge in [0, 0.05) is 22.2 Å². The fourth-order valence-corrected chi connectivity index (χ4v) is 2.72. The van der Waals surface area contributed by atoms with Crippen LogP contribution in [0.2, 0.25) is 0 Å². The molecule has 1 aromatic heterocycles. The van der Waals surface area contributed by atoms with E-state index in [0.717, 1.165) is 34.1 Å². The van der Waals surface area contributed by atoms with Crippen LogP contribution in [-0.4, -0.2) is 9.97 Å². The van der Waals surface area contributed by atoms with Crippen LogP contribution in [0.25, 0.3) is 0 Å². The molecule has 0 radical (unpaired) electrons. The Hall–Kier alpha value is -1.20. The van der Waals surface area contributed by atoms with Gasteiger partial charge in [0.15, 0.2) is 4.77 Å². The molecule has 0 aliphatic rings. The molecular weight excluding hydrogens is 324 g/mol. The first-order valence-corrected chi connectivity index (χ1v) is 7.39. The predicted molar refractivity (Wildman–Crippen MR) is 83.2 cm³/mol. The second-order valence-corrected chi connectivity index (χ2v) is 5.75. The van der Waals surface area contributed by atoms with Crippen LogP contribution in [0.1, 0.15) is 30.2 Å². The van der Waals surface area contributed by atoms with Crippen LogP contribution in [0.15, 0.2) is 33.5 Å².